The zero-order valence-electron chi connectivity index (χ0n) is 45.5. The number of rotatable bonds is 6. The van der Waals surface area contributed by atoms with Crippen molar-refractivity contribution in [1.29, 1.82) is 0 Å². The zero-order valence-corrected chi connectivity index (χ0v) is 45.5. The van der Waals surface area contributed by atoms with Crippen LogP contribution in [0, 0.1) is 25.7 Å². The van der Waals surface area contributed by atoms with Crippen LogP contribution in [0.2, 0.25) is 0 Å². The molecule has 2 spiro atoms. The van der Waals surface area contributed by atoms with Crippen LogP contribution in [0.15, 0.2) is 109 Å². The van der Waals surface area contributed by atoms with E-state index < -0.39 is 5.97 Å². The lowest BCUT2D eigenvalue weighted by Crippen LogP contribution is -2.29. The van der Waals surface area contributed by atoms with Gasteiger partial charge in [-0.25, -0.2) is 9.59 Å². The molecular formula is C66H72O8. The molecule has 0 radical (unpaired) electrons. The van der Waals surface area contributed by atoms with Gasteiger partial charge in [0.2, 0.25) is 0 Å². The molecule has 0 N–H and O–H groups in total. The maximum atomic E-state index is 13.3. The third-order valence-electron chi connectivity index (χ3n) is 17.8. The first kappa shape index (κ1) is 51.0. The van der Waals surface area contributed by atoms with E-state index in [2.05, 4.69) is 130 Å². The van der Waals surface area contributed by atoms with Crippen molar-refractivity contribution < 1.29 is 38.1 Å². The third kappa shape index (κ3) is 8.64. The maximum Gasteiger partial charge on any atom is 0.343 e. The van der Waals surface area contributed by atoms with Crippen LogP contribution < -0.4 is 9.47 Å². The Labute approximate surface area is 437 Å². The molecule has 0 bridgehead atoms. The Kier molecular flexibility index (Phi) is 12.5. The summed E-state index contributed by atoms with van der Waals surface area (Å²) in [5, 5.41) is 1.71. The van der Waals surface area contributed by atoms with Crippen LogP contribution in [0.1, 0.15) is 183 Å². The second kappa shape index (κ2) is 18.1. The minimum absolute atomic E-state index is 0.0146. The standard InChI is InChI=1S/C35H34O4.C31H38O4/c1-21-7-13-27-29(15-21)35(19-33(27,2)3)20-34(4,5)28-14-12-26(18-30(28)35)39-32(37)25-11-9-22-16-24(31(36)38-6)10-8-23(22)17-25;1-19-7-13-23-25(15-19)31(17-29(23,2)3)18-30(4,5)24-14-12-22(16-26(24)31)35-28(33)21-10-8-20(9-11-21)27(32)34-6/h7-18H,19-20H2,1-6H3;7,12-16,20-21H,8-11,17-18H2,1-6H3. The van der Waals surface area contributed by atoms with E-state index in [9.17, 15) is 19.2 Å². The van der Waals surface area contributed by atoms with Crippen molar-refractivity contribution in [2.24, 2.45) is 11.8 Å². The van der Waals surface area contributed by atoms with E-state index in [4.69, 9.17) is 18.9 Å². The Balaban J connectivity index is 0.000000170. The van der Waals surface area contributed by atoms with Gasteiger partial charge in [0, 0.05) is 10.8 Å². The van der Waals surface area contributed by atoms with E-state index in [1.807, 2.05) is 24.3 Å². The lowest BCUT2D eigenvalue weighted by molar-refractivity contribution is -0.149. The molecule has 1 fully saturated rings. The van der Waals surface area contributed by atoms with Gasteiger partial charge in [0.25, 0.3) is 0 Å². The van der Waals surface area contributed by atoms with Crippen molar-refractivity contribution >= 4 is 34.6 Å². The number of benzene rings is 6. The molecule has 0 amide bonds. The normalized spacial score (nSPS) is 23.7. The molecule has 8 heteroatoms. The summed E-state index contributed by atoms with van der Waals surface area (Å²) in [6.45, 7) is 23.1. The summed E-state index contributed by atoms with van der Waals surface area (Å²) in [5.74, 6) is -0.190. The van der Waals surface area contributed by atoms with E-state index in [0.717, 1.165) is 36.5 Å². The highest BCUT2D eigenvalue weighted by molar-refractivity contribution is 5.99. The second-order valence-electron chi connectivity index (χ2n) is 25.1. The van der Waals surface area contributed by atoms with Gasteiger partial charge in [0.05, 0.1) is 37.2 Å². The van der Waals surface area contributed by atoms with Gasteiger partial charge in [-0.05, 0) is 191 Å². The highest BCUT2D eigenvalue weighted by atomic mass is 16.5. The molecule has 0 heterocycles. The highest BCUT2D eigenvalue weighted by Crippen LogP contribution is 2.65. The van der Waals surface area contributed by atoms with E-state index in [0.29, 0.717) is 48.3 Å². The van der Waals surface area contributed by atoms with Crippen molar-refractivity contribution in [3.63, 3.8) is 0 Å². The van der Waals surface area contributed by atoms with Gasteiger partial charge in [-0.2, -0.15) is 0 Å². The number of esters is 4. The lowest BCUT2D eigenvalue weighted by Gasteiger charge is -2.31. The largest absolute Gasteiger partial charge is 0.469 e. The van der Waals surface area contributed by atoms with Crippen LogP contribution in [0.3, 0.4) is 0 Å². The number of fused-ring (bicyclic) bond motifs is 9. The highest BCUT2D eigenvalue weighted by Gasteiger charge is 2.58. The van der Waals surface area contributed by atoms with Gasteiger partial charge in [0.1, 0.15) is 11.5 Å². The average molecular weight is 993 g/mol. The summed E-state index contributed by atoms with van der Waals surface area (Å²) in [6.07, 6.45) is 6.88. The molecule has 6 aromatic carbocycles. The lowest BCUT2D eigenvalue weighted by atomic mass is 9.72. The smallest absolute Gasteiger partial charge is 0.343 e. The number of methoxy groups -OCH3 is 2. The van der Waals surface area contributed by atoms with Crippen molar-refractivity contribution in [3.8, 4) is 11.5 Å². The number of hydrogen-bond donors (Lipinski definition) is 0. The van der Waals surface area contributed by atoms with Crippen LogP contribution in [0.5, 0.6) is 11.5 Å². The number of carbonyl (C=O) groups excluding carboxylic acids is 4. The van der Waals surface area contributed by atoms with Gasteiger partial charge >= 0.3 is 23.9 Å². The Bertz CT molecular complexity index is 3280. The topological polar surface area (TPSA) is 105 Å². The molecule has 5 aliphatic rings. The number of carbonyl (C=O) groups is 4. The van der Waals surface area contributed by atoms with E-state index in [1.165, 1.54) is 69.9 Å². The molecule has 2 atom stereocenters. The van der Waals surface area contributed by atoms with Crippen LogP contribution in [-0.4, -0.2) is 38.1 Å². The molecule has 5 aliphatic carbocycles. The Morgan fingerprint density at radius 1 is 0.392 bits per heavy atom. The minimum Gasteiger partial charge on any atom is -0.469 e. The first-order chi connectivity index (χ1) is 34.9. The Morgan fingerprint density at radius 3 is 1.16 bits per heavy atom. The fourth-order valence-electron chi connectivity index (χ4n) is 14.7. The predicted octanol–water partition coefficient (Wildman–Crippen LogP) is 14.3. The maximum absolute atomic E-state index is 13.3. The summed E-state index contributed by atoms with van der Waals surface area (Å²) in [7, 11) is 2.79. The molecule has 0 aliphatic heterocycles. The molecule has 6 aromatic rings. The summed E-state index contributed by atoms with van der Waals surface area (Å²) in [5.41, 5.74) is 14.6. The fraction of sp³-hybridized carbons (Fsp3) is 0.424. The molecule has 384 valence electrons. The monoisotopic (exact) mass is 993 g/mol. The van der Waals surface area contributed by atoms with E-state index in [1.54, 1.807) is 24.3 Å². The molecule has 74 heavy (non-hydrogen) atoms. The molecule has 0 aromatic heterocycles. The molecule has 2 unspecified atom stereocenters. The molecular weight excluding hydrogens is 921 g/mol. The molecule has 11 rings (SSSR count). The summed E-state index contributed by atoms with van der Waals surface area (Å²) in [4.78, 5) is 50.0. The van der Waals surface area contributed by atoms with E-state index in [-0.39, 0.29) is 62.2 Å². The van der Waals surface area contributed by atoms with Crippen molar-refractivity contribution in [3.05, 3.63) is 176 Å². The molecule has 0 saturated heterocycles. The summed E-state index contributed by atoms with van der Waals surface area (Å²) < 4.78 is 21.7. The van der Waals surface area contributed by atoms with Crippen LogP contribution in [0.25, 0.3) is 10.8 Å². The van der Waals surface area contributed by atoms with E-state index >= 15 is 0 Å². The molecule has 1 saturated carbocycles. The van der Waals surface area contributed by atoms with Gasteiger partial charge in [-0.1, -0.05) is 127 Å². The predicted molar refractivity (Wildman–Crippen MR) is 291 cm³/mol. The summed E-state index contributed by atoms with van der Waals surface area (Å²) in [6, 6.07) is 37.0. The summed E-state index contributed by atoms with van der Waals surface area (Å²) >= 11 is 0. The van der Waals surface area contributed by atoms with Gasteiger partial charge in [0.15, 0.2) is 0 Å². The van der Waals surface area contributed by atoms with Crippen LogP contribution >= 0.6 is 0 Å². The van der Waals surface area contributed by atoms with Crippen molar-refractivity contribution in [1.82, 2.24) is 0 Å². The Hall–Kier alpha value is -6.54. The zero-order chi connectivity index (χ0) is 52.9. The molecule has 8 nitrogen and oxygen atoms in total. The van der Waals surface area contributed by atoms with Gasteiger partial charge in [-0.15, -0.1) is 0 Å². The number of aryl methyl sites for hydroxylation is 2. The SMILES string of the molecule is COC(=O)C1CCC(C(=O)Oc2ccc3c(c2)C2(CC(C)(C)c4ccc(C)cc42)CC3(C)C)CC1.COC(=O)c1ccc2cc(C(=O)Oc3ccc4c(c3)C3(CC(C)(C)c5ccc(C)cc53)CC4(C)C)ccc2c1. The van der Waals surface area contributed by atoms with Crippen molar-refractivity contribution in [2.75, 3.05) is 14.2 Å². The quantitative estimate of drug-likeness (QED) is 0.120. The first-order valence-electron chi connectivity index (χ1n) is 26.6. The second-order valence-corrected chi connectivity index (χ2v) is 25.1. The van der Waals surface area contributed by atoms with Gasteiger partial charge in [-0.3, -0.25) is 9.59 Å². The third-order valence-corrected chi connectivity index (χ3v) is 17.8. The fourth-order valence-corrected chi connectivity index (χ4v) is 14.7. The van der Waals surface area contributed by atoms with Crippen LogP contribution in [0.4, 0.5) is 0 Å². The average Bonchev–Trinajstić information content (AvgIpc) is 3.92. The number of hydrogen-bond acceptors (Lipinski definition) is 8. The first-order valence-corrected chi connectivity index (χ1v) is 26.6. The number of ether oxygens (including phenoxy) is 4. The van der Waals surface area contributed by atoms with Crippen LogP contribution in [-0.2, 0) is 51.6 Å². The minimum atomic E-state index is -0.400. The van der Waals surface area contributed by atoms with Gasteiger partial charge < -0.3 is 18.9 Å². The Morgan fingerprint density at radius 2 is 0.757 bits per heavy atom. The van der Waals surface area contributed by atoms with Crippen molar-refractivity contribution in [2.45, 2.75) is 153 Å².